The van der Waals surface area contributed by atoms with Crippen LogP contribution in [-0.2, 0) is 71.8 Å². The van der Waals surface area contributed by atoms with Gasteiger partial charge in [-0.05, 0) is 66.2 Å². The van der Waals surface area contributed by atoms with Gasteiger partial charge in [-0.1, -0.05) is 17.6 Å². The molecule has 0 saturated carbocycles. The number of nitrogens with zero attached hydrogens (tertiary/aromatic N) is 5. The molecule has 0 unspecified atom stereocenters. The van der Waals surface area contributed by atoms with E-state index in [4.69, 9.17) is 11.6 Å². The van der Waals surface area contributed by atoms with E-state index in [1.165, 1.54) is 12.1 Å². The molecule has 313 valence electrons. The smallest absolute Gasteiger partial charge is 0.871 e. The molecule has 0 aliphatic carbocycles. The third-order valence-electron chi connectivity index (χ3n) is 7.06. The molecule has 5 aromatic rings. The Morgan fingerprint density at radius 1 is 0.661 bits per heavy atom. The van der Waals surface area contributed by atoms with Gasteiger partial charge in [-0.2, -0.15) is 20.1 Å². The number of azo groups is 1. The molecule has 0 saturated heterocycles. The fraction of sp³-hybridized carbons (Fsp3) is 0.0741. The van der Waals surface area contributed by atoms with Crippen molar-refractivity contribution in [3.63, 3.8) is 0 Å². The molecule has 5 rings (SSSR count). The van der Waals surface area contributed by atoms with Crippen LogP contribution in [0.5, 0.6) is 11.5 Å². The Labute approximate surface area is 456 Å². The first-order valence-electron chi connectivity index (χ1n) is 14.5. The van der Waals surface area contributed by atoms with Gasteiger partial charge in [0.1, 0.15) is 30.4 Å². The number of fused-ring (bicyclic) bond motifs is 1. The molecule has 1 radical (unpaired) electrons. The number of anilines is 4. The third kappa shape index (κ3) is 16.0. The van der Waals surface area contributed by atoms with Gasteiger partial charge in [-0.25, -0.2) is 42.1 Å². The van der Waals surface area contributed by atoms with Gasteiger partial charge in [0, 0.05) is 22.1 Å². The van der Waals surface area contributed by atoms with Crippen LogP contribution < -0.4 is 139 Å². The largest absolute Gasteiger partial charge is 2.00 e. The van der Waals surface area contributed by atoms with Gasteiger partial charge in [0.05, 0.1) is 43.3 Å². The Morgan fingerprint density at radius 3 is 1.81 bits per heavy atom. The monoisotopic (exact) mass is 1060 g/mol. The molecule has 2 N–H and O–H groups in total. The van der Waals surface area contributed by atoms with E-state index in [2.05, 4.69) is 40.0 Å². The minimum Gasteiger partial charge on any atom is -0.871 e. The van der Waals surface area contributed by atoms with Crippen molar-refractivity contribution in [3.8, 4) is 11.5 Å². The molecule has 0 bridgehead atoms. The van der Waals surface area contributed by atoms with Crippen LogP contribution in [0, 0.1) is 0 Å². The number of rotatable bonds is 14. The van der Waals surface area contributed by atoms with Crippen LogP contribution in [0.4, 0.5) is 34.6 Å². The van der Waals surface area contributed by atoms with E-state index >= 15 is 0 Å². The number of hydrogen-bond donors (Lipinski definition) is 2. The summed E-state index contributed by atoms with van der Waals surface area (Å²) in [6, 6.07) is 8.21. The molecule has 0 spiro atoms. The molecule has 1 heterocycles. The SMILES string of the molecule is O=S(=O)([O-])OCCS(=O)(=O)c1ccc(N=Nc2c(S(=O)(=O)[O-])cc3c(S(=O)(=O)[O-])ccc(Nc4nc(Cl)nc(Nc5cccc(S(=O)(=O)[O-])c5)n4)c3c2[O-])c([O-])c1.[Cu+2].[Na+].[Na+].[Na+].[Na+]. The van der Waals surface area contributed by atoms with Gasteiger partial charge in [0.25, 0.3) is 0 Å². The molecule has 0 atom stereocenters. The van der Waals surface area contributed by atoms with E-state index in [-0.39, 0.29) is 141 Å². The topological polar surface area (TPSA) is 406 Å². The maximum atomic E-state index is 13.9. The summed E-state index contributed by atoms with van der Waals surface area (Å²) < 4.78 is 168. The Bertz CT molecular complexity index is 3090. The van der Waals surface area contributed by atoms with Crippen LogP contribution in [0.25, 0.3) is 10.8 Å². The number of nitrogens with one attached hydrogen (secondary N) is 2. The standard InChI is InChI=1S/C27H22ClN7O17S5.Cu.4Na/c28-25-31-26(29-13-2-1-3-15(10-13)54(40,41)42)33-27(32-25)30-18-6-7-20(55(43,44)45)16-12-21(56(46,47)48)23(24(37)22(16)18)35-34-17-5-4-14(11-19(17)36)53(38,39)9-8-52-57(49,50)51;;;;;/h1-7,10-12,36-37H,8-9H2,(H,40,41,42)(H,43,44,45)(H,46,47,48)(H,49,50,51)(H2,29,30,31,32,33);;;;;/q;+2;4*+1/p-6. The van der Waals surface area contributed by atoms with Crippen molar-refractivity contribution in [2.75, 3.05) is 23.0 Å². The molecule has 0 fully saturated rings. The molecule has 0 aliphatic heterocycles. The van der Waals surface area contributed by atoms with Crippen LogP contribution in [0.2, 0.25) is 5.28 Å². The predicted molar refractivity (Wildman–Crippen MR) is 183 cm³/mol. The summed E-state index contributed by atoms with van der Waals surface area (Å²) in [5.41, 5.74) is -2.58. The molecular weight excluding hydrogens is 1050 g/mol. The number of hydrogen-bond acceptors (Lipinski definition) is 24. The van der Waals surface area contributed by atoms with Gasteiger partial charge in [-0.3, -0.25) is 4.18 Å². The van der Waals surface area contributed by atoms with Gasteiger partial charge >= 0.3 is 135 Å². The maximum Gasteiger partial charge on any atom is 2.00 e. The summed E-state index contributed by atoms with van der Waals surface area (Å²) in [6.07, 6.45) is 0. The van der Waals surface area contributed by atoms with Crippen LogP contribution in [0.3, 0.4) is 0 Å². The first kappa shape index (κ1) is 61.3. The van der Waals surface area contributed by atoms with Gasteiger partial charge in [0.2, 0.25) is 27.6 Å². The molecule has 4 aromatic carbocycles. The van der Waals surface area contributed by atoms with Crippen molar-refractivity contribution >= 4 is 108 Å². The van der Waals surface area contributed by atoms with Crippen molar-refractivity contribution in [1.29, 1.82) is 0 Å². The third-order valence-corrected chi connectivity index (χ3v) is 11.9. The molecule has 0 aliphatic rings. The van der Waals surface area contributed by atoms with Crippen molar-refractivity contribution < 1.29 is 210 Å². The first-order valence-corrected chi connectivity index (χ1v) is 22.1. The molecule has 24 nitrogen and oxygen atoms in total. The van der Waals surface area contributed by atoms with E-state index in [1.807, 2.05) is 0 Å². The second kappa shape index (κ2) is 23.9. The maximum absolute atomic E-state index is 13.9. The number of sulfone groups is 1. The van der Waals surface area contributed by atoms with Gasteiger partial charge < -0.3 is 39.1 Å². The Morgan fingerprint density at radius 2 is 1.26 bits per heavy atom. The number of aromatic nitrogens is 3. The van der Waals surface area contributed by atoms with E-state index in [0.29, 0.717) is 18.2 Å². The van der Waals surface area contributed by atoms with E-state index < -0.39 is 139 Å². The fourth-order valence-corrected chi connectivity index (χ4v) is 8.17. The summed E-state index contributed by atoms with van der Waals surface area (Å²) >= 11 is 6.01. The van der Waals surface area contributed by atoms with Crippen LogP contribution in [0.15, 0.2) is 90.5 Å². The van der Waals surface area contributed by atoms with Gasteiger partial charge in [-0.15, -0.1) is 5.11 Å². The predicted octanol–water partition coefficient (Wildman–Crippen LogP) is -11.3. The van der Waals surface area contributed by atoms with Crippen LogP contribution in [-0.4, -0.2) is 87.6 Å². The van der Waals surface area contributed by atoms with Crippen molar-refractivity contribution in [3.05, 3.63) is 65.9 Å². The molecule has 0 amide bonds. The van der Waals surface area contributed by atoms with E-state index in [0.717, 1.165) is 30.3 Å². The van der Waals surface area contributed by atoms with Crippen molar-refractivity contribution in [2.45, 2.75) is 19.6 Å². The van der Waals surface area contributed by atoms with Crippen molar-refractivity contribution in [2.24, 2.45) is 10.2 Å². The summed E-state index contributed by atoms with van der Waals surface area (Å²) in [6.45, 7) is -1.10. The van der Waals surface area contributed by atoms with E-state index in [9.17, 15) is 70.5 Å². The van der Waals surface area contributed by atoms with Crippen LogP contribution in [0.1, 0.15) is 0 Å². The quantitative estimate of drug-likeness (QED) is 0.0451. The Kier molecular flexibility index (Phi) is 23.6. The average molecular weight is 1060 g/mol. The summed E-state index contributed by atoms with van der Waals surface area (Å²) in [5, 5.41) is 36.3. The number of halogens is 1. The second-order valence-corrected chi connectivity index (χ2v) is 18.4. The zero-order chi connectivity index (χ0) is 42.3. The van der Waals surface area contributed by atoms with E-state index in [1.54, 1.807) is 0 Å². The zero-order valence-electron chi connectivity index (χ0n) is 31.6. The first-order chi connectivity index (χ1) is 26.2. The number of benzene rings is 4. The molecule has 1 aromatic heterocycles. The van der Waals surface area contributed by atoms with Gasteiger partial charge in [0.15, 0.2) is 9.84 Å². The minimum absolute atomic E-state index is 0. The fourth-order valence-electron chi connectivity index (χ4n) is 4.70. The average Bonchev–Trinajstić information content (AvgIpc) is 3.06. The Hall–Kier alpha value is -0.691. The van der Waals surface area contributed by atoms with Crippen molar-refractivity contribution in [1.82, 2.24) is 15.0 Å². The zero-order valence-corrected chi connectivity index (χ0v) is 45.4. The Balaban J connectivity index is 0.00000744. The summed E-state index contributed by atoms with van der Waals surface area (Å²) in [4.78, 5) is 7.56. The van der Waals surface area contributed by atoms with Crippen LogP contribution >= 0.6 is 11.6 Å². The summed E-state index contributed by atoms with van der Waals surface area (Å²) in [5.74, 6) is -4.79. The second-order valence-electron chi connectivity index (χ2n) is 10.9. The molecule has 35 heteroatoms. The molecular formula is C27H16ClCuN7Na4O17S5. The normalized spacial score (nSPS) is 11.9. The minimum atomic E-state index is -5.77. The summed E-state index contributed by atoms with van der Waals surface area (Å²) in [7, 11) is -25.8. The molecule has 62 heavy (non-hydrogen) atoms.